The first-order chi connectivity index (χ1) is 10.1. The number of rotatable bonds is 6. The third kappa shape index (κ3) is 4.89. The molecule has 1 heterocycles. The molecule has 0 aliphatic carbocycles. The average molecular weight is 309 g/mol. The monoisotopic (exact) mass is 308 g/mol. The normalized spacial score (nSPS) is 19.3. The van der Waals surface area contributed by atoms with E-state index in [1.54, 1.807) is 0 Å². The standard InChI is InChI=1S/C18H29ClN2/c1-4-15-6-5-9-21(13-15)18-8-7-17(19)10-16(18)12-20-11-14(2)3/h7-8,10,14-15,20H,4-6,9,11-13H2,1-3H3. The highest BCUT2D eigenvalue weighted by atomic mass is 35.5. The van der Waals surface area contributed by atoms with E-state index in [-0.39, 0.29) is 0 Å². The summed E-state index contributed by atoms with van der Waals surface area (Å²) in [5.74, 6) is 1.51. The average Bonchev–Trinajstić information content (AvgIpc) is 2.47. The van der Waals surface area contributed by atoms with Crippen molar-refractivity contribution in [2.24, 2.45) is 11.8 Å². The van der Waals surface area contributed by atoms with Crippen molar-refractivity contribution < 1.29 is 0 Å². The zero-order chi connectivity index (χ0) is 15.2. The Morgan fingerprint density at radius 2 is 2.19 bits per heavy atom. The summed E-state index contributed by atoms with van der Waals surface area (Å²) in [4.78, 5) is 2.56. The Hall–Kier alpha value is -0.730. The summed E-state index contributed by atoms with van der Waals surface area (Å²) in [5.41, 5.74) is 2.70. The zero-order valence-corrected chi connectivity index (χ0v) is 14.4. The molecule has 0 saturated carbocycles. The molecule has 2 rings (SSSR count). The van der Waals surface area contributed by atoms with Crippen molar-refractivity contribution in [3.63, 3.8) is 0 Å². The van der Waals surface area contributed by atoms with Crippen molar-refractivity contribution in [1.82, 2.24) is 5.32 Å². The van der Waals surface area contributed by atoms with Crippen LogP contribution in [-0.4, -0.2) is 19.6 Å². The molecule has 21 heavy (non-hydrogen) atoms. The Bertz CT molecular complexity index is 445. The van der Waals surface area contributed by atoms with E-state index < -0.39 is 0 Å². The molecule has 2 nitrogen and oxygen atoms in total. The number of hydrogen-bond acceptors (Lipinski definition) is 2. The second kappa shape index (κ2) is 8.05. The summed E-state index contributed by atoms with van der Waals surface area (Å²) in [7, 11) is 0. The van der Waals surface area contributed by atoms with E-state index in [0.717, 1.165) is 24.0 Å². The number of anilines is 1. The van der Waals surface area contributed by atoms with Crippen LogP contribution < -0.4 is 10.2 Å². The van der Waals surface area contributed by atoms with E-state index in [9.17, 15) is 0 Å². The minimum absolute atomic E-state index is 0.673. The van der Waals surface area contributed by atoms with Crippen molar-refractivity contribution in [3.8, 4) is 0 Å². The SMILES string of the molecule is CCC1CCCN(c2ccc(Cl)cc2CNCC(C)C)C1. The molecule has 0 amide bonds. The maximum Gasteiger partial charge on any atom is 0.0412 e. The van der Waals surface area contributed by atoms with Crippen LogP contribution in [0.2, 0.25) is 5.02 Å². The molecule has 3 heteroatoms. The van der Waals surface area contributed by atoms with Crippen LogP contribution >= 0.6 is 11.6 Å². The Morgan fingerprint density at radius 1 is 1.38 bits per heavy atom. The van der Waals surface area contributed by atoms with Gasteiger partial charge in [0.2, 0.25) is 0 Å². The molecule has 1 unspecified atom stereocenters. The number of halogens is 1. The van der Waals surface area contributed by atoms with Gasteiger partial charge in [0, 0.05) is 30.3 Å². The first kappa shape index (κ1) is 16.6. The summed E-state index contributed by atoms with van der Waals surface area (Å²) in [6.45, 7) is 11.1. The molecule has 118 valence electrons. The zero-order valence-electron chi connectivity index (χ0n) is 13.7. The lowest BCUT2D eigenvalue weighted by molar-refractivity contribution is 0.404. The first-order valence-corrected chi connectivity index (χ1v) is 8.72. The van der Waals surface area contributed by atoms with Crippen molar-refractivity contribution in [2.75, 3.05) is 24.5 Å². The number of nitrogens with zero attached hydrogens (tertiary/aromatic N) is 1. The Balaban J connectivity index is 2.10. The van der Waals surface area contributed by atoms with Gasteiger partial charge in [0.1, 0.15) is 0 Å². The summed E-state index contributed by atoms with van der Waals surface area (Å²) in [6, 6.07) is 6.35. The van der Waals surface area contributed by atoms with Gasteiger partial charge in [0.15, 0.2) is 0 Å². The molecule has 1 aliphatic heterocycles. The van der Waals surface area contributed by atoms with E-state index in [1.165, 1.54) is 43.6 Å². The van der Waals surface area contributed by atoms with Crippen LogP contribution in [-0.2, 0) is 6.54 Å². The van der Waals surface area contributed by atoms with Gasteiger partial charge in [-0.15, -0.1) is 0 Å². The minimum Gasteiger partial charge on any atom is -0.371 e. The molecule has 1 saturated heterocycles. The van der Waals surface area contributed by atoms with E-state index in [0.29, 0.717) is 5.92 Å². The van der Waals surface area contributed by atoms with Crippen molar-refractivity contribution in [1.29, 1.82) is 0 Å². The van der Waals surface area contributed by atoms with Gasteiger partial charge < -0.3 is 10.2 Å². The predicted octanol–water partition coefficient (Wildman–Crippen LogP) is 4.71. The Labute approximate surface area is 134 Å². The van der Waals surface area contributed by atoms with E-state index in [4.69, 9.17) is 11.6 Å². The fraction of sp³-hybridized carbons (Fsp3) is 0.667. The summed E-state index contributed by atoms with van der Waals surface area (Å²) >= 11 is 6.21. The smallest absolute Gasteiger partial charge is 0.0412 e. The van der Waals surface area contributed by atoms with Gasteiger partial charge in [0.05, 0.1) is 0 Å². The number of hydrogen-bond donors (Lipinski definition) is 1. The van der Waals surface area contributed by atoms with Crippen LogP contribution in [0.15, 0.2) is 18.2 Å². The van der Waals surface area contributed by atoms with Gasteiger partial charge in [-0.3, -0.25) is 0 Å². The van der Waals surface area contributed by atoms with Crippen LogP contribution in [0, 0.1) is 11.8 Å². The quantitative estimate of drug-likeness (QED) is 0.818. The lowest BCUT2D eigenvalue weighted by Gasteiger charge is -2.35. The molecule has 1 atom stereocenters. The predicted molar refractivity (Wildman–Crippen MR) is 93.2 cm³/mol. The van der Waals surface area contributed by atoms with Crippen LogP contribution in [0.4, 0.5) is 5.69 Å². The highest BCUT2D eigenvalue weighted by Crippen LogP contribution is 2.29. The molecule has 0 radical (unpaired) electrons. The number of piperidine rings is 1. The maximum atomic E-state index is 6.21. The van der Waals surface area contributed by atoms with Gasteiger partial charge in [0.25, 0.3) is 0 Å². The second-order valence-corrected chi connectivity index (χ2v) is 7.10. The molecule has 1 aromatic carbocycles. The molecule has 0 bridgehead atoms. The molecule has 0 spiro atoms. The maximum absolute atomic E-state index is 6.21. The van der Waals surface area contributed by atoms with E-state index in [2.05, 4.69) is 43.1 Å². The molecular weight excluding hydrogens is 280 g/mol. The van der Waals surface area contributed by atoms with Crippen LogP contribution in [0.5, 0.6) is 0 Å². The van der Waals surface area contributed by atoms with Gasteiger partial charge in [-0.25, -0.2) is 0 Å². The van der Waals surface area contributed by atoms with Crippen molar-refractivity contribution in [2.45, 2.75) is 46.6 Å². The Kier molecular flexibility index (Phi) is 6.38. The molecule has 1 N–H and O–H groups in total. The topological polar surface area (TPSA) is 15.3 Å². The molecule has 1 aromatic rings. The second-order valence-electron chi connectivity index (χ2n) is 6.66. The van der Waals surface area contributed by atoms with Crippen molar-refractivity contribution in [3.05, 3.63) is 28.8 Å². The summed E-state index contributed by atoms with van der Waals surface area (Å²) < 4.78 is 0. The van der Waals surface area contributed by atoms with Crippen LogP contribution in [0.25, 0.3) is 0 Å². The summed E-state index contributed by atoms with van der Waals surface area (Å²) in [6.07, 6.45) is 3.96. The fourth-order valence-electron chi connectivity index (χ4n) is 3.12. The van der Waals surface area contributed by atoms with Gasteiger partial charge >= 0.3 is 0 Å². The lowest BCUT2D eigenvalue weighted by atomic mass is 9.94. The summed E-state index contributed by atoms with van der Waals surface area (Å²) in [5, 5.41) is 4.38. The first-order valence-electron chi connectivity index (χ1n) is 8.34. The van der Waals surface area contributed by atoms with Crippen molar-refractivity contribution >= 4 is 17.3 Å². The molecule has 0 aromatic heterocycles. The number of benzene rings is 1. The Morgan fingerprint density at radius 3 is 2.90 bits per heavy atom. The van der Waals surface area contributed by atoms with E-state index in [1.807, 2.05) is 6.07 Å². The highest BCUT2D eigenvalue weighted by Gasteiger charge is 2.20. The lowest BCUT2D eigenvalue weighted by Crippen LogP contribution is -2.36. The van der Waals surface area contributed by atoms with Gasteiger partial charge in [-0.1, -0.05) is 38.8 Å². The largest absolute Gasteiger partial charge is 0.371 e. The minimum atomic E-state index is 0.673. The van der Waals surface area contributed by atoms with E-state index >= 15 is 0 Å². The molecular formula is C18H29ClN2. The highest BCUT2D eigenvalue weighted by molar-refractivity contribution is 6.30. The third-order valence-corrected chi connectivity index (χ3v) is 4.58. The third-order valence-electron chi connectivity index (χ3n) is 4.35. The van der Waals surface area contributed by atoms with Crippen LogP contribution in [0.3, 0.4) is 0 Å². The number of nitrogens with one attached hydrogen (secondary N) is 1. The van der Waals surface area contributed by atoms with Gasteiger partial charge in [-0.2, -0.15) is 0 Å². The fourth-order valence-corrected chi connectivity index (χ4v) is 3.31. The van der Waals surface area contributed by atoms with Gasteiger partial charge in [-0.05, 0) is 55.0 Å². The molecule has 1 aliphatic rings. The van der Waals surface area contributed by atoms with Crippen LogP contribution in [0.1, 0.15) is 45.6 Å². The molecule has 1 fully saturated rings.